The van der Waals surface area contributed by atoms with Crippen molar-refractivity contribution < 1.29 is 23.8 Å². The quantitative estimate of drug-likeness (QED) is 0.302. The van der Waals surface area contributed by atoms with Gasteiger partial charge in [0.1, 0.15) is 0 Å². The molecule has 0 unspecified atom stereocenters. The van der Waals surface area contributed by atoms with Gasteiger partial charge in [0.25, 0.3) is 5.91 Å². The van der Waals surface area contributed by atoms with Crippen LogP contribution in [0, 0.1) is 0 Å². The molecule has 0 spiro atoms. The molecular formula is C20H19N3O5S2. The Morgan fingerprint density at radius 3 is 2.23 bits per heavy atom. The van der Waals surface area contributed by atoms with Gasteiger partial charge in [-0.3, -0.25) is 14.9 Å². The van der Waals surface area contributed by atoms with E-state index in [4.69, 9.17) is 14.2 Å². The average Bonchev–Trinajstić information content (AvgIpc) is 3.24. The van der Waals surface area contributed by atoms with Gasteiger partial charge < -0.3 is 14.2 Å². The van der Waals surface area contributed by atoms with E-state index in [1.165, 1.54) is 44.4 Å². The summed E-state index contributed by atoms with van der Waals surface area (Å²) in [7, 11) is 4.44. The normalized spacial score (nSPS) is 10.4. The second-order valence-corrected chi connectivity index (χ2v) is 8.02. The first kappa shape index (κ1) is 21.6. The van der Waals surface area contributed by atoms with Crippen molar-refractivity contribution in [3.63, 3.8) is 0 Å². The summed E-state index contributed by atoms with van der Waals surface area (Å²) in [5, 5.41) is 11.0. The molecule has 0 fully saturated rings. The van der Waals surface area contributed by atoms with E-state index in [1.807, 2.05) is 18.2 Å². The highest BCUT2D eigenvalue weighted by atomic mass is 32.2. The Bertz CT molecular complexity index is 1010. The highest BCUT2D eigenvalue weighted by Gasteiger charge is 2.18. The Hall–Kier alpha value is -3.11. The molecule has 0 saturated carbocycles. The van der Waals surface area contributed by atoms with Crippen LogP contribution in [0.1, 0.15) is 20.7 Å². The lowest BCUT2D eigenvalue weighted by Crippen LogP contribution is -2.12. The maximum atomic E-state index is 12.6. The van der Waals surface area contributed by atoms with E-state index >= 15 is 0 Å². The minimum absolute atomic E-state index is 0.00110. The topological polar surface area (TPSA) is 99.6 Å². The van der Waals surface area contributed by atoms with E-state index in [2.05, 4.69) is 15.5 Å². The summed E-state index contributed by atoms with van der Waals surface area (Å²) in [5.74, 6) is 0.972. The Labute approximate surface area is 181 Å². The van der Waals surface area contributed by atoms with E-state index < -0.39 is 5.91 Å². The Morgan fingerprint density at radius 1 is 0.967 bits per heavy atom. The molecule has 0 atom stereocenters. The zero-order valence-corrected chi connectivity index (χ0v) is 18.1. The third-order valence-corrected chi connectivity index (χ3v) is 5.95. The van der Waals surface area contributed by atoms with E-state index in [0.717, 1.165) is 0 Å². The number of methoxy groups -OCH3 is 3. The lowest BCUT2D eigenvalue weighted by Gasteiger charge is -2.13. The standard InChI is InChI=1S/C20H19N3O5S2/c1-26-15-9-13(10-16(27-2)17(15)28-3)18(25)21-19-22-23-20(30-19)29-11-14(24)12-7-5-4-6-8-12/h4-10H,11H2,1-3H3,(H,21,22,25). The van der Waals surface area contributed by atoms with Crippen LogP contribution in [0.15, 0.2) is 46.8 Å². The molecule has 0 bridgehead atoms. The summed E-state index contributed by atoms with van der Waals surface area (Å²) in [5.41, 5.74) is 0.957. The number of nitrogens with zero attached hydrogens (tertiary/aromatic N) is 2. The number of carbonyl (C=O) groups excluding carboxylic acids is 2. The predicted molar refractivity (Wildman–Crippen MR) is 115 cm³/mol. The largest absolute Gasteiger partial charge is 0.493 e. The summed E-state index contributed by atoms with van der Waals surface area (Å²) in [6.45, 7) is 0. The molecule has 1 heterocycles. The summed E-state index contributed by atoms with van der Waals surface area (Å²) in [6, 6.07) is 12.1. The minimum Gasteiger partial charge on any atom is -0.493 e. The SMILES string of the molecule is COc1cc(C(=O)Nc2nnc(SCC(=O)c3ccccc3)s2)cc(OC)c1OC. The zero-order valence-electron chi connectivity index (χ0n) is 16.5. The molecule has 0 aliphatic rings. The van der Waals surface area contributed by atoms with E-state index in [9.17, 15) is 9.59 Å². The minimum atomic E-state index is -0.401. The van der Waals surface area contributed by atoms with Gasteiger partial charge in [-0.2, -0.15) is 0 Å². The molecule has 2 aromatic carbocycles. The maximum absolute atomic E-state index is 12.6. The monoisotopic (exact) mass is 445 g/mol. The molecule has 1 amide bonds. The number of hydrogen-bond acceptors (Lipinski definition) is 9. The van der Waals surface area contributed by atoms with Crippen molar-refractivity contribution >= 4 is 39.9 Å². The number of amides is 1. The fourth-order valence-corrected chi connectivity index (χ4v) is 4.18. The number of thioether (sulfide) groups is 1. The summed E-state index contributed by atoms with van der Waals surface area (Å²) < 4.78 is 16.4. The van der Waals surface area contributed by atoms with Gasteiger partial charge in [-0.15, -0.1) is 10.2 Å². The number of ketones is 1. The number of anilines is 1. The third kappa shape index (κ3) is 5.08. The van der Waals surface area contributed by atoms with Crippen molar-refractivity contribution in [3.05, 3.63) is 53.6 Å². The molecule has 0 radical (unpaired) electrons. The van der Waals surface area contributed by atoms with Crippen LogP contribution in [-0.4, -0.2) is 49.0 Å². The van der Waals surface area contributed by atoms with Gasteiger partial charge in [0.15, 0.2) is 21.6 Å². The average molecular weight is 446 g/mol. The van der Waals surface area contributed by atoms with Crippen molar-refractivity contribution in [1.29, 1.82) is 0 Å². The van der Waals surface area contributed by atoms with Gasteiger partial charge in [-0.1, -0.05) is 53.4 Å². The third-order valence-electron chi connectivity index (χ3n) is 3.98. The van der Waals surface area contributed by atoms with Crippen molar-refractivity contribution in [2.75, 3.05) is 32.4 Å². The number of aromatic nitrogens is 2. The molecule has 30 heavy (non-hydrogen) atoms. The Kier molecular flexibility index (Phi) is 7.26. The van der Waals surface area contributed by atoms with E-state index in [0.29, 0.717) is 37.8 Å². The number of rotatable bonds is 9. The van der Waals surface area contributed by atoms with Gasteiger partial charge in [-0.25, -0.2) is 0 Å². The smallest absolute Gasteiger partial charge is 0.257 e. The van der Waals surface area contributed by atoms with Gasteiger partial charge in [-0.05, 0) is 12.1 Å². The highest BCUT2D eigenvalue weighted by molar-refractivity contribution is 8.01. The Balaban J connectivity index is 1.65. The van der Waals surface area contributed by atoms with Gasteiger partial charge >= 0.3 is 0 Å². The second kappa shape index (κ2) is 10.1. The van der Waals surface area contributed by atoms with Crippen molar-refractivity contribution in [2.24, 2.45) is 0 Å². The molecular weight excluding hydrogens is 426 g/mol. The second-order valence-electron chi connectivity index (χ2n) is 5.82. The molecule has 0 saturated heterocycles. The molecule has 10 heteroatoms. The first-order valence-electron chi connectivity index (χ1n) is 8.71. The van der Waals surface area contributed by atoms with Gasteiger partial charge in [0.05, 0.1) is 27.1 Å². The number of benzene rings is 2. The molecule has 3 rings (SSSR count). The van der Waals surface area contributed by atoms with Crippen LogP contribution in [0.5, 0.6) is 17.2 Å². The molecule has 0 aliphatic heterocycles. The van der Waals surface area contributed by atoms with Crippen molar-refractivity contribution in [1.82, 2.24) is 10.2 Å². The number of nitrogens with one attached hydrogen (secondary N) is 1. The Morgan fingerprint density at radius 2 is 1.63 bits per heavy atom. The first-order valence-corrected chi connectivity index (χ1v) is 10.5. The summed E-state index contributed by atoms with van der Waals surface area (Å²) in [6.07, 6.45) is 0. The predicted octanol–water partition coefficient (Wildman–Crippen LogP) is 3.79. The molecule has 1 aromatic heterocycles. The van der Waals surface area contributed by atoms with Gasteiger partial charge in [0.2, 0.25) is 10.9 Å². The van der Waals surface area contributed by atoms with Crippen LogP contribution in [-0.2, 0) is 0 Å². The van der Waals surface area contributed by atoms with Crippen LogP contribution < -0.4 is 19.5 Å². The van der Waals surface area contributed by atoms with Crippen LogP contribution in [0.2, 0.25) is 0 Å². The zero-order chi connectivity index (χ0) is 21.5. The summed E-state index contributed by atoms with van der Waals surface area (Å²) in [4.78, 5) is 24.8. The van der Waals surface area contributed by atoms with Crippen LogP contribution in [0.4, 0.5) is 5.13 Å². The fraction of sp³-hybridized carbons (Fsp3) is 0.200. The van der Waals surface area contributed by atoms with Crippen molar-refractivity contribution in [2.45, 2.75) is 4.34 Å². The maximum Gasteiger partial charge on any atom is 0.257 e. The van der Waals surface area contributed by atoms with Crippen LogP contribution >= 0.6 is 23.1 Å². The molecule has 8 nitrogen and oxygen atoms in total. The lowest BCUT2D eigenvalue weighted by atomic mass is 10.1. The molecule has 1 N–H and O–H groups in total. The number of carbonyl (C=O) groups is 2. The van der Waals surface area contributed by atoms with E-state index in [-0.39, 0.29) is 11.5 Å². The highest BCUT2D eigenvalue weighted by Crippen LogP contribution is 2.38. The summed E-state index contributed by atoms with van der Waals surface area (Å²) >= 11 is 2.46. The molecule has 3 aromatic rings. The first-order chi connectivity index (χ1) is 14.5. The van der Waals surface area contributed by atoms with Gasteiger partial charge in [0, 0.05) is 11.1 Å². The lowest BCUT2D eigenvalue weighted by molar-refractivity contribution is 0.101. The fourth-order valence-electron chi connectivity index (χ4n) is 2.53. The van der Waals surface area contributed by atoms with Crippen LogP contribution in [0.3, 0.4) is 0 Å². The van der Waals surface area contributed by atoms with E-state index in [1.54, 1.807) is 24.3 Å². The number of hydrogen-bond donors (Lipinski definition) is 1. The molecule has 156 valence electrons. The van der Waals surface area contributed by atoms with Crippen molar-refractivity contribution in [3.8, 4) is 17.2 Å². The van der Waals surface area contributed by atoms with Crippen LogP contribution in [0.25, 0.3) is 0 Å². The number of Topliss-reactive ketones (excluding diaryl/α,β-unsaturated/α-hetero) is 1. The number of ether oxygens (including phenoxy) is 3. The molecule has 0 aliphatic carbocycles.